The van der Waals surface area contributed by atoms with Crippen LogP contribution >= 0.6 is 0 Å². The van der Waals surface area contributed by atoms with Crippen LogP contribution in [0.25, 0.3) is 0 Å². The van der Waals surface area contributed by atoms with E-state index >= 15 is 0 Å². The van der Waals surface area contributed by atoms with E-state index in [1.165, 1.54) is 14.2 Å². The lowest BCUT2D eigenvalue weighted by atomic mass is 10.1. The monoisotopic (exact) mass is 264 g/mol. The maximum Gasteiger partial charge on any atom is 0.256 e. The number of amides is 1. The molecule has 1 amide bonds. The Morgan fingerprint density at radius 2 is 1.95 bits per heavy atom. The van der Waals surface area contributed by atoms with E-state index in [0.717, 1.165) is 0 Å². The first-order valence-corrected chi connectivity index (χ1v) is 6.00. The molecule has 0 radical (unpaired) electrons. The highest BCUT2D eigenvalue weighted by atomic mass is 16.5. The fourth-order valence-electron chi connectivity index (χ4n) is 1.76. The Kier molecular flexibility index (Phi) is 5.23. The van der Waals surface area contributed by atoms with Crippen molar-refractivity contribution in [1.29, 1.82) is 0 Å². The molecule has 0 aliphatic carbocycles. The standard InChI is InChI=1S/C14H20N2O3/c1-5-7-16(6-2)14(17)10-8-12(18-3)13(19-4)9-11(10)15/h5,8-9H,1,6-7,15H2,2-4H3. The summed E-state index contributed by atoms with van der Waals surface area (Å²) in [7, 11) is 3.04. The molecule has 0 aliphatic heterocycles. The van der Waals surface area contributed by atoms with Gasteiger partial charge in [0.15, 0.2) is 11.5 Å². The van der Waals surface area contributed by atoms with Gasteiger partial charge in [-0.15, -0.1) is 6.58 Å². The molecular weight excluding hydrogens is 244 g/mol. The number of anilines is 1. The summed E-state index contributed by atoms with van der Waals surface area (Å²) in [6.07, 6.45) is 1.68. The predicted octanol–water partition coefficient (Wildman–Crippen LogP) is 1.93. The number of hydrogen-bond donors (Lipinski definition) is 1. The number of methoxy groups -OCH3 is 2. The molecule has 0 bridgehead atoms. The summed E-state index contributed by atoms with van der Waals surface area (Å²) < 4.78 is 10.3. The third-order valence-corrected chi connectivity index (χ3v) is 2.80. The number of rotatable bonds is 6. The molecular formula is C14H20N2O3. The van der Waals surface area contributed by atoms with E-state index in [1.54, 1.807) is 23.1 Å². The van der Waals surface area contributed by atoms with Crippen LogP contribution in [0.15, 0.2) is 24.8 Å². The smallest absolute Gasteiger partial charge is 0.256 e. The summed E-state index contributed by atoms with van der Waals surface area (Å²) in [6.45, 7) is 6.60. The van der Waals surface area contributed by atoms with Gasteiger partial charge in [0.25, 0.3) is 5.91 Å². The molecule has 1 rings (SSSR count). The van der Waals surface area contributed by atoms with Gasteiger partial charge in [-0.3, -0.25) is 4.79 Å². The SMILES string of the molecule is C=CCN(CC)C(=O)c1cc(OC)c(OC)cc1N. The first-order valence-electron chi connectivity index (χ1n) is 6.00. The Balaban J connectivity index is 3.19. The second-order valence-corrected chi connectivity index (χ2v) is 3.93. The van der Waals surface area contributed by atoms with Crippen LogP contribution in [0.4, 0.5) is 5.69 Å². The maximum absolute atomic E-state index is 12.4. The minimum absolute atomic E-state index is 0.152. The summed E-state index contributed by atoms with van der Waals surface area (Å²) in [5, 5.41) is 0. The van der Waals surface area contributed by atoms with Crippen LogP contribution in [0, 0.1) is 0 Å². The number of benzene rings is 1. The zero-order chi connectivity index (χ0) is 14.4. The first kappa shape index (κ1) is 14.9. The molecule has 1 aromatic carbocycles. The van der Waals surface area contributed by atoms with Crippen LogP contribution in [-0.2, 0) is 0 Å². The minimum atomic E-state index is -0.152. The molecule has 0 saturated carbocycles. The third-order valence-electron chi connectivity index (χ3n) is 2.80. The van der Waals surface area contributed by atoms with Crippen LogP contribution in [0.2, 0.25) is 0 Å². The van der Waals surface area contributed by atoms with Gasteiger partial charge in [0.05, 0.1) is 19.8 Å². The van der Waals surface area contributed by atoms with Crippen molar-refractivity contribution in [2.45, 2.75) is 6.92 Å². The largest absolute Gasteiger partial charge is 0.493 e. The molecule has 0 unspecified atom stereocenters. The van der Waals surface area contributed by atoms with E-state index < -0.39 is 0 Å². The molecule has 0 fully saturated rings. The quantitative estimate of drug-likeness (QED) is 0.630. The van der Waals surface area contributed by atoms with E-state index in [4.69, 9.17) is 15.2 Å². The number of hydrogen-bond acceptors (Lipinski definition) is 4. The number of likely N-dealkylation sites (N-methyl/N-ethyl adjacent to an activating group) is 1. The van der Waals surface area contributed by atoms with Crippen LogP contribution in [-0.4, -0.2) is 38.1 Å². The normalized spacial score (nSPS) is 9.84. The summed E-state index contributed by atoms with van der Waals surface area (Å²) in [4.78, 5) is 14.0. The van der Waals surface area contributed by atoms with Gasteiger partial charge in [0.2, 0.25) is 0 Å². The van der Waals surface area contributed by atoms with Crippen molar-refractivity contribution in [3.05, 3.63) is 30.4 Å². The van der Waals surface area contributed by atoms with Crippen molar-refractivity contribution >= 4 is 11.6 Å². The first-order chi connectivity index (χ1) is 9.08. The molecule has 0 aliphatic rings. The lowest BCUT2D eigenvalue weighted by Gasteiger charge is -2.20. The number of ether oxygens (including phenoxy) is 2. The molecule has 2 N–H and O–H groups in total. The molecule has 0 saturated heterocycles. The maximum atomic E-state index is 12.4. The molecule has 0 aromatic heterocycles. The minimum Gasteiger partial charge on any atom is -0.493 e. The number of nitrogens with two attached hydrogens (primary N) is 1. The molecule has 0 heterocycles. The lowest BCUT2D eigenvalue weighted by molar-refractivity contribution is 0.0783. The highest BCUT2D eigenvalue weighted by molar-refractivity contribution is 6.00. The predicted molar refractivity (Wildman–Crippen MR) is 75.7 cm³/mol. The van der Waals surface area contributed by atoms with Crippen molar-refractivity contribution in [2.24, 2.45) is 0 Å². The van der Waals surface area contributed by atoms with Crippen LogP contribution in [0.5, 0.6) is 11.5 Å². The van der Waals surface area contributed by atoms with Gasteiger partial charge in [0, 0.05) is 24.8 Å². The highest BCUT2D eigenvalue weighted by Gasteiger charge is 2.19. The summed E-state index contributed by atoms with van der Waals surface area (Å²) in [5.74, 6) is 0.832. The highest BCUT2D eigenvalue weighted by Crippen LogP contribution is 2.32. The molecule has 19 heavy (non-hydrogen) atoms. The van der Waals surface area contributed by atoms with Crippen molar-refractivity contribution < 1.29 is 14.3 Å². The fourth-order valence-corrected chi connectivity index (χ4v) is 1.76. The van der Waals surface area contributed by atoms with Gasteiger partial charge in [-0.05, 0) is 13.0 Å². The van der Waals surface area contributed by atoms with Gasteiger partial charge in [-0.2, -0.15) is 0 Å². The van der Waals surface area contributed by atoms with Gasteiger partial charge in [-0.25, -0.2) is 0 Å². The Morgan fingerprint density at radius 3 is 2.42 bits per heavy atom. The molecule has 5 heteroatoms. The average Bonchev–Trinajstić information content (AvgIpc) is 2.43. The zero-order valence-electron chi connectivity index (χ0n) is 11.6. The molecule has 5 nitrogen and oxygen atoms in total. The second-order valence-electron chi connectivity index (χ2n) is 3.93. The summed E-state index contributed by atoms with van der Waals surface area (Å²) in [6, 6.07) is 3.19. The van der Waals surface area contributed by atoms with Crippen LogP contribution in [0.1, 0.15) is 17.3 Å². The van der Waals surface area contributed by atoms with Gasteiger partial charge < -0.3 is 20.1 Å². The molecule has 104 valence electrons. The van der Waals surface area contributed by atoms with Gasteiger partial charge in [0.1, 0.15) is 0 Å². The topological polar surface area (TPSA) is 64.8 Å². The lowest BCUT2D eigenvalue weighted by Crippen LogP contribution is -2.31. The number of nitrogen functional groups attached to an aromatic ring is 1. The number of carbonyl (C=O) groups excluding carboxylic acids is 1. The Morgan fingerprint density at radius 1 is 1.37 bits per heavy atom. The Bertz CT molecular complexity index is 472. The summed E-state index contributed by atoms with van der Waals surface area (Å²) >= 11 is 0. The van der Waals surface area contributed by atoms with E-state index in [2.05, 4.69) is 6.58 Å². The number of carbonyl (C=O) groups is 1. The Labute approximate surface area is 113 Å². The van der Waals surface area contributed by atoms with Gasteiger partial charge in [-0.1, -0.05) is 6.08 Å². The van der Waals surface area contributed by atoms with Crippen molar-refractivity contribution in [3.63, 3.8) is 0 Å². The molecule has 1 aromatic rings. The van der Waals surface area contributed by atoms with E-state index in [0.29, 0.717) is 35.8 Å². The van der Waals surface area contributed by atoms with Crippen LogP contribution < -0.4 is 15.2 Å². The van der Waals surface area contributed by atoms with E-state index in [1.807, 2.05) is 6.92 Å². The van der Waals surface area contributed by atoms with Gasteiger partial charge >= 0.3 is 0 Å². The molecule has 0 spiro atoms. The van der Waals surface area contributed by atoms with E-state index in [9.17, 15) is 4.79 Å². The Hall–Kier alpha value is -2.17. The zero-order valence-corrected chi connectivity index (χ0v) is 11.6. The van der Waals surface area contributed by atoms with E-state index in [-0.39, 0.29) is 5.91 Å². The number of nitrogens with zero attached hydrogens (tertiary/aromatic N) is 1. The van der Waals surface area contributed by atoms with Crippen molar-refractivity contribution in [1.82, 2.24) is 4.90 Å². The molecule has 0 atom stereocenters. The summed E-state index contributed by atoms with van der Waals surface area (Å²) in [5.41, 5.74) is 6.67. The third kappa shape index (κ3) is 3.19. The van der Waals surface area contributed by atoms with Crippen molar-refractivity contribution in [3.8, 4) is 11.5 Å². The fraction of sp³-hybridized carbons (Fsp3) is 0.357. The van der Waals surface area contributed by atoms with Crippen LogP contribution in [0.3, 0.4) is 0 Å². The average molecular weight is 264 g/mol. The van der Waals surface area contributed by atoms with Crippen molar-refractivity contribution in [2.75, 3.05) is 33.0 Å². The second kappa shape index (κ2) is 6.68.